The molecule has 0 atom stereocenters. The Hall–Kier alpha value is -2.93. The van der Waals surface area contributed by atoms with Crippen LogP contribution in [0.3, 0.4) is 0 Å². The maximum Gasteiger partial charge on any atom is 0.263 e. The maximum atomic E-state index is 12.6. The lowest BCUT2D eigenvalue weighted by atomic mass is 10.1. The van der Waals surface area contributed by atoms with Gasteiger partial charge in [-0.1, -0.05) is 48.0 Å². The van der Waals surface area contributed by atoms with Gasteiger partial charge in [-0.3, -0.25) is 4.72 Å². The molecule has 28 heavy (non-hydrogen) atoms. The Balaban J connectivity index is 1.57. The Morgan fingerprint density at radius 1 is 0.929 bits per heavy atom. The molecule has 3 aromatic rings. The molecule has 3 rings (SSSR count). The summed E-state index contributed by atoms with van der Waals surface area (Å²) in [5, 5.41) is 0. The minimum Gasteiger partial charge on any atom is -0.475 e. The molecule has 0 aliphatic carbocycles. The SMILES string of the molecule is Cc1ccc(S(=O)(=O)Nc2nccnc2OCCCCc2ccccc2)cc1. The van der Waals surface area contributed by atoms with Gasteiger partial charge in [-0.15, -0.1) is 0 Å². The minimum absolute atomic E-state index is 0.0890. The van der Waals surface area contributed by atoms with Gasteiger partial charge in [-0.2, -0.15) is 0 Å². The van der Waals surface area contributed by atoms with Crippen molar-refractivity contribution in [1.82, 2.24) is 9.97 Å². The standard InChI is InChI=1S/C21H23N3O3S/c1-17-10-12-19(13-11-17)28(25,26)24-20-21(23-15-14-22-20)27-16-6-5-9-18-7-3-2-4-8-18/h2-4,7-8,10-15H,5-6,9,16H2,1H3,(H,22,24). The number of unbranched alkanes of at least 4 members (excludes halogenated alkanes) is 1. The zero-order valence-electron chi connectivity index (χ0n) is 15.7. The zero-order chi connectivity index (χ0) is 19.8. The van der Waals surface area contributed by atoms with Gasteiger partial charge in [-0.05, 0) is 43.9 Å². The van der Waals surface area contributed by atoms with Crippen LogP contribution in [-0.4, -0.2) is 25.0 Å². The summed E-state index contributed by atoms with van der Waals surface area (Å²) in [6, 6.07) is 16.8. The molecule has 1 aromatic heterocycles. The highest BCUT2D eigenvalue weighted by Crippen LogP contribution is 2.22. The van der Waals surface area contributed by atoms with Gasteiger partial charge in [0, 0.05) is 12.4 Å². The van der Waals surface area contributed by atoms with Crippen LogP contribution in [0.2, 0.25) is 0 Å². The molecule has 0 aliphatic heterocycles. The summed E-state index contributed by atoms with van der Waals surface area (Å²) in [6.45, 7) is 2.33. The van der Waals surface area contributed by atoms with E-state index in [2.05, 4.69) is 26.8 Å². The molecule has 0 bridgehead atoms. The minimum atomic E-state index is -3.76. The highest BCUT2D eigenvalue weighted by molar-refractivity contribution is 7.92. The van der Waals surface area contributed by atoms with E-state index in [4.69, 9.17) is 4.74 Å². The Bertz CT molecular complexity index is 991. The van der Waals surface area contributed by atoms with E-state index in [9.17, 15) is 8.42 Å². The lowest BCUT2D eigenvalue weighted by Crippen LogP contribution is -2.15. The van der Waals surface area contributed by atoms with E-state index in [1.165, 1.54) is 18.0 Å². The second kappa shape index (κ2) is 9.32. The molecular weight excluding hydrogens is 374 g/mol. The number of nitrogens with zero attached hydrogens (tertiary/aromatic N) is 2. The van der Waals surface area contributed by atoms with Gasteiger partial charge in [0.05, 0.1) is 11.5 Å². The molecular formula is C21H23N3O3S. The third-order valence-corrected chi connectivity index (χ3v) is 5.52. The number of sulfonamides is 1. The third kappa shape index (κ3) is 5.53. The van der Waals surface area contributed by atoms with Crippen molar-refractivity contribution in [3.05, 3.63) is 78.1 Å². The summed E-state index contributed by atoms with van der Waals surface area (Å²) >= 11 is 0. The van der Waals surface area contributed by atoms with Crippen LogP contribution in [0.4, 0.5) is 5.82 Å². The molecule has 6 nitrogen and oxygen atoms in total. The van der Waals surface area contributed by atoms with Crippen LogP contribution in [-0.2, 0) is 16.4 Å². The maximum absolute atomic E-state index is 12.6. The van der Waals surface area contributed by atoms with Crippen LogP contribution >= 0.6 is 0 Å². The molecule has 1 N–H and O–H groups in total. The van der Waals surface area contributed by atoms with E-state index in [1.54, 1.807) is 24.3 Å². The second-order valence-electron chi connectivity index (χ2n) is 6.42. The third-order valence-electron chi connectivity index (χ3n) is 4.17. The molecule has 0 amide bonds. The molecule has 0 saturated heterocycles. The molecule has 0 spiro atoms. The van der Waals surface area contributed by atoms with E-state index in [0.717, 1.165) is 24.8 Å². The second-order valence-corrected chi connectivity index (χ2v) is 8.10. The van der Waals surface area contributed by atoms with Crippen molar-refractivity contribution in [1.29, 1.82) is 0 Å². The largest absolute Gasteiger partial charge is 0.475 e. The Morgan fingerprint density at radius 3 is 2.39 bits per heavy atom. The van der Waals surface area contributed by atoms with Crippen LogP contribution in [0.15, 0.2) is 71.9 Å². The first-order valence-corrected chi connectivity index (χ1v) is 10.6. The first kappa shape index (κ1) is 19.8. The summed E-state index contributed by atoms with van der Waals surface area (Å²) in [4.78, 5) is 8.35. The van der Waals surface area contributed by atoms with E-state index in [0.29, 0.717) is 6.61 Å². The van der Waals surface area contributed by atoms with Gasteiger partial charge in [-0.25, -0.2) is 18.4 Å². The average molecular weight is 398 g/mol. The highest BCUT2D eigenvalue weighted by atomic mass is 32.2. The van der Waals surface area contributed by atoms with Crippen molar-refractivity contribution in [3.8, 4) is 5.88 Å². The predicted octanol–water partition coefficient (Wildman–Crippen LogP) is 3.99. The number of rotatable bonds is 9. The molecule has 146 valence electrons. The molecule has 1 heterocycles. The van der Waals surface area contributed by atoms with Crippen LogP contribution in [0.1, 0.15) is 24.0 Å². The fourth-order valence-electron chi connectivity index (χ4n) is 2.65. The van der Waals surface area contributed by atoms with Crippen molar-refractivity contribution in [2.24, 2.45) is 0 Å². The van der Waals surface area contributed by atoms with E-state index in [1.807, 2.05) is 25.1 Å². The van der Waals surface area contributed by atoms with Gasteiger partial charge in [0.15, 0.2) is 0 Å². The van der Waals surface area contributed by atoms with Crippen LogP contribution in [0.5, 0.6) is 5.88 Å². The van der Waals surface area contributed by atoms with Crippen molar-refractivity contribution in [3.63, 3.8) is 0 Å². The normalized spacial score (nSPS) is 11.2. The number of benzene rings is 2. The summed E-state index contributed by atoms with van der Waals surface area (Å²) in [5.41, 5.74) is 2.27. The number of anilines is 1. The van der Waals surface area contributed by atoms with Crippen molar-refractivity contribution >= 4 is 15.8 Å². The van der Waals surface area contributed by atoms with Gasteiger partial charge in [0.2, 0.25) is 5.82 Å². The monoisotopic (exact) mass is 397 g/mol. The summed E-state index contributed by atoms with van der Waals surface area (Å²) in [7, 11) is -3.76. The van der Waals surface area contributed by atoms with Crippen LogP contribution in [0.25, 0.3) is 0 Å². The van der Waals surface area contributed by atoms with Crippen molar-refractivity contribution < 1.29 is 13.2 Å². The lowest BCUT2D eigenvalue weighted by molar-refractivity contribution is 0.296. The van der Waals surface area contributed by atoms with Gasteiger partial charge in [0.1, 0.15) is 0 Å². The summed E-state index contributed by atoms with van der Waals surface area (Å²) in [5.74, 6) is 0.268. The fourth-order valence-corrected chi connectivity index (χ4v) is 3.66. The van der Waals surface area contributed by atoms with Gasteiger partial charge >= 0.3 is 0 Å². The fraction of sp³-hybridized carbons (Fsp3) is 0.238. The number of hydrogen-bond acceptors (Lipinski definition) is 5. The van der Waals surface area contributed by atoms with Crippen molar-refractivity contribution in [2.75, 3.05) is 11.3 Å². The van der Waals surface area contributed by atoms with Gasteiger partial charge in [0.25, 0.3) is 15.9 Å². The molecule has 2 aromatic carbocycles. The summed E-state index contributed by atoms with van der Waals surface area (Å²) in [6.07, 6.45) is 5.67. The Labute approximate surface area is 165 Å². The van der Waals surface area contributed by atoms with E-state index >= 15 is 0 Å². The topological polar surface area (TPSA) is 81.2 Å². The number of ether oxygens (including phenoxy) is 1. The smallest absolute Gasteiger partial charge is 0.263 e. The number of hydrogen-bond donors (Lipinski definition) is 1. The van der Waals surface area contributed by atoms with E-state index < -0.39 is 10.0 Å². The van der Waals surface area contributed by atoms with Crippen LogP contribution in [0, 0.1) is 6.92 Å². The first-order valence-electron chi connectivity index (χ1n) is 9.12. The zero-order valence-corrected chi connectivity index (χ0v) is 16.5. The molecule has 0 fully saturated rings. The lowest BCUT2D eigenvalue weighted by Gasteiger charge is -2.11. The molecule has 0 radical (unpaired) electrons. The van der Waals surface area contributed by atoms with Crippen LogP contribution < -0.4 is 9.46 Å². The number of aromatic nitrogens is 2. The Morgan fingerprint density at radius 2 is 1.64 bits per heavy atom. The number of aryl methyl sites for hydroxylation is 2. The number of nitrogens with one attached hydrogen (secondary N) is 1. The average Bonchev–Trinajstić information content (AvgIpc) is 2.70. The molecule has 0 aliphatic rings. The summed E-state index contributed by atoms with van der Waals surface area (Å²) < 4.78 is 33.3. The molecule has 7 heteroatoms. The predicted molar refractivity (Wildman–Crippen MR) is 109 cm³/mol. The van der Waals surface area contributed by atoms with Gasteiger partial charge < -0.3 is 4.74 Å². The highest BCUT2D eigenvalue weighted by Gasteiger charge is 2.18. The van der Waals surface area contributed by atoms with E-state index in [-0.39, 0.29) is 16.6 Å². The molecule has 0 saturated carbocycles. The quantitative estimate of drug-likeness (QED) is 0.552. The first-order chi connectivity index (χ1) is 13.5. The Kier molecular flexibility index (Phi) is 6.60. The van der Waals surface area contributed by atoms with Crippen molar-refractivity contribution in [2.45, 2.75) is 31.1 Å². The molecule has 0 unspecified atom stereocenters.